The smallest absolute Gasteiger partial charge is 0.150 e. The minimum Gasteiger partial charge on any atom is -0.390 e. The van der Waals surface area contributed by atoms with Gasteiger partial charge in [-0.25, -0.2) is 8.42 Å². The standard InChI is InChI=1S/C14H26O3S/c1-10(2)11-8-14(15,9-11)12-5-4-6-13(7-12)18(3,16)17/h10-13,15H,4-9H2,1-3H3. The molecule has 4 heteroatoms. The predicted octanol–water partition coefficient (Wildman–Crippen LogP) is 2.39. The van der Waals surface area contributed by atoms with E-state index in [9.17, 15) is 13.5 Å². The number of hydrogen-bond acceptors (Lipinski definition) is 3. The lowest BCUT2D eigenvalue weighted by atomic mass is 9.58. The van der Waals surface area contributed by atoms with Crippen LogP contribution in [-0.4, -0.2) is 30.6 Å². The summed E-state index contributed by atoms with van der Waals surface area (Å²) in [7, 11) is -2.94. The van der Waals surface area contributed by atoms with Gasteiger partial charge in [0, 0.05) is 6.26 Å². The topological polar surface area (TPSA) is 54.4 Å². The third-order valence-corrected chi connectivity index (χ3v) is 6.80. The minimum atomic E-state index is -2.94. The van der Waals surface area contributed by atoms with Gasteiger partial charge in [0.15, 0.2) is 0 Å². The first-order valence-electron chi connectivity index (χ1n) is 7.13. The van der Waals surface area contributed by atoms with Crippen molar-refractivity contribution in [2.45, 2.75) is 63.2 Å². The molecule has 3 nitrogen and oxygen atoms in total. The second-order valence-corrected chi connectivity index (χ2v) is 9.16. The van der Waals surface area contributed by atoms with E-state index < -0.39 is 15.4 Å². The van der Waals surface area contributed by atoms with Gasteiger partial charge in [-0.1, -0.05) is 20.3 Å². The van der Waals surface area contributed by atoms with Crippen molar-refractivity contribution in [1.29, 1.82) is 0 Å². The van der Waals surface area contributed by atoms with E-state index in [-0.39, 0.29) is 11.2 Å². The van der Waals surface area contributed by atoms with Crippen molar-refractivity contribution in [1.82, 2.24) is 0 Å². The fraction of sp³-hybridized carbons (Fsp3) is 1.00. The predicted molar refractivity (Wildman–Crippen MR) is 73.1 cm³/mol. The zero-order chi connectivity index (χ0) is 13.6. The van der Waals surface area contributed by atoms with E-state index in [4.69, 9.17) is 0 Å². The van der Waals surface area contributed by atoms with Crippen LogP contribution in [0.2, 0.25) is 0 Å². The Hall–Kier alpha value is -0.0900. The molecule has 2 atom stereocenters. The van der Waals surface area contributed by atoms with Crippen LogP contribution < -0.4 is 0 Å². The Morgan fingerprint density at radius 1 is 1.22 bits per heavy atom. The molecule has 2 rings (SSSR count). The summed E-state index contributed by atoms with van der Waals surface area (Å²) >= 11 is 0. The summed E-state index contributed by atoms with van der Waals surface area (Å²) in [5.74, 6) is 1.44. The molecule has 2 saturated carbocycles. The highest BCUT2D eigenvalue weighted by Crippen LogP contribution is 2.50. The van der Waals surface area contributed by atoms with Crippen LogP contribution in [0.15, 0.2) is 0 Å². The molecule has 0 radical (unpaired) electrons. The molecule has 0 aromatic carbocycles. The first-order chi connectivity index (χ1) is 8.22. The summed E-state index contributed by atoms with van der Waals surface area (Å²) in [4.78, 5) is 0. The Kier molecular flexibility index (Phi) is 3.81. The Bertz CT molecular complexity index is 393. The maximum Gasteiger partial charge on any atom is 0.150 e. The molecule has 2 aliphatic carbocycles. The number of rotatable bonds is 3. The number of sulfone groups is 1. The molecule has 0 aliphatic heterocycles. The zero-order valence-electron chi connectivity index (χ0n) is 11.7. The van der Waals surface area contributed by atoms with Crippen molar-refractivity contribution < 1.29 is 13.5 Å². The van der Waals surface area contributed by atoms with Crippen LogP contribution in [0.5, 0.6) is 0 Å². The first-order valence-corrected chi connectivity index (χ1v) is 9.09. The highest BCUT2D eigenvalue weighted by atomic mass is 32.2. The normalized spacial score (nSPS) is 41.7. The lowest BCUT2D eigenvalue weighted by molar-refractivity contribution is -0.136. The average molecular weight is 274 g/mol. The van der Waals surface area contributed by atoms with Gasteiger partial charge in [-0.2, -0.15) is 0 Å². The molecule has 0 amide bonds. The van der Waals surface area contributed by atoms with E-state index >= 15 is 0 Å². The van der Waals surface area contributed by atoms with Crippen molar-refractivity contribution >= 4 is 9.84 Å². The van der Waals surface area contributed by atoms with Gasteiger partial charge in [0.2, 0.25) is 0 Å². The van der Waals surface area contributed by atoms with Crippen molar-refractivity contribution in [3.63, 3.8) is 0 Å². The summed E-state index contributed by atoms with van der Waals surface area (Å²) in [5.41, 5.74) is -0.571. The molecule has 1 N–H and O–H groups in total. The third kappa shape index (κ3) is 2.74. The van der Waals surface area contributed by atoms with E-state index in [2.05, 4.69) is 13.8 Å². The Morgan fingerprint density at radius 3 is 2.33 bits per heavy atom. The summed E-state index contributed by atoms with van der Waals surface area (Å²) in [6.07, 6.45) is 6.45. The van der Waals surface area contributed by atoms with Gasteiger partial charge in [0.25, 0.3) is 0 Å². The van der Waals surface area contributed by atoms with Gasteiger partial charge in [-0.3, -0.25) is 0 Å². The van der Waals surface area contributed by atoms with E-state index in [1.807, 2.05) is 0 Å². The first kappa shape index (κ1) is 14.3. The molecule has 2 unspecified atom stereocenters. The summed E-state index contributed by atoms with van der Waals surface area (Å²) < 4.78 is 23.3. The largest absolute Gasteiger partial charge is 0.390 e. The molecule has 2 aliphatic rings. The number of hydrogen-bond donors (Lipinski definition) is 1. The maximum atomic E-state index is 11.7. The summed E-state index contributed by atoms with van der Waals surface area (Å²) in [6, 6.07) is 0. The van der Waals surface area contributed by atoms with E-state index in [1.54, 1.807) is 0 Å². The molecule has 0 saturated heterocycles. The molecule has 0 aromatic heterocycles. The van der Waals surface area contributed by atoms with Gasteiger partial charge in [-0.05, 0) is 49.9 Å². The highest BCUT2D eigenvalue weighted by molar-refractivity contribution is 7.91. The van der Waals surface area contributed by atoms with Crippen LogP contribution in [0, 0.1) is 17.8 Å². The summed E-state index contributed by atoms with van der Waals surface area (Å²) in [6.45, 7) is 4.40. The third-order valence-electron chi connectivity index (χ3n) is 5.17. The highest BCUT2D eigenvalue weighted by Gasteiger charge is 2.50. The van der Waals surface area contributed by atoms with Crippen molar-refractivity contribution in [3.8, 4) is 0 Å². The van der Waals surface area contributed by atoms with E-state index in [0.717, 1.165) is 32.1 Å². The van der Waals surface area contributed by atoms with E-state index in [0.29, 0.717) is 18.3 Å². The molecule has 0 aromatic rings. The van der Waals surface area contributed by atoms with Gasteiger partial charge >= 0.3 is 0 Å². The van der Waals surface area contributed by atoms with Crippen LogP contribution in [0.3, 0.4) is 0 Å². The lowest BCUT2D eigenvalue weighted by Gasteiger charge is -2.52. The zero-order valence-corrected chi connectivity index (χ0v) is 12.5. The monoisotopic (exact) mass is 274 g/mol. The van der Waals surface area contributed by atoms with Crippen LogP contribution in [0.1, 0.15) is 52.4 Å². The molecule has 0 spiro atoms. The van der Waals surface area contributed by atoms with Crippen LogP contribution >= 0.6 is 0 Å². The van der Waals surface area contributed by atoms with Gasteiger partial charge in [0.1, 0.15) is 9.84 Å². The Morgan fingerprint density at radius 2 is 1.83 bits per heavy atom. The molecule has 2 fully saturated rings. The van der Waals surface area contributed by atoms with Gasteiger partial charge in [0.05, 0.1) is 10.9 Å². The van der Waals surface area contributed by atoms with Crippen LogP contribution in [-0.2, 0) is 9.84 Å². The molecule has 0 bridgehead atoms. The van der Waals surface area contributed by atoms with Crippen molar-refractivity contribution in [2.24, 2.45) is 17.8 Å². The quantitative estimate of drug-likeness (QED) is 0.859. The van der Waals surface area contributed by atoms with Gasteiger partial charge < -0.3 is 5.11 Å². The molecule has 106 valence electrons. The van der Waals surface area contributed by atoms with Crippen LogP contribution in [0.25, 0.3) is 0 Å². The van der Waals surface area contributed by atoms with Crippen molar-refractivity contribution in [3.05, 3.63) is 0 Å². The second kappa shape index (κ2) is 4.78. The van der Waals surface area contributed by atoms with Crippen molar-refractivity contribution in [2.75, 3.05) is 6.26 Å². The van der Waals surface area contributed by atoms with Crippen LogP contribution in [0.4, 0.5) is 0 Å². The maximum absolute atomic E-state index is 11.7. The number of aliphatic hydroxyl groups is 1. The molecular formula is C14H26O3S. The lowest BCUT2D eigenvalue weighted by Crippen LogP contribution is -2.53. The minimum absolute atomic E-state index is 0.195. The fourth-order valence-electron chi connectivity index (χ4n) is 3.67. The molecule has 0 heterocycles. The SMILES string of the molecule is CC(C)C1CC(O)(C2CCCC(S(C)(=O)=O)C2)C1. The Labute approximate surface area is 111 Å². The molecular weight excluding hydrogens is 248 g/mol. The molecule has 18 heavy (non-hydrogen) atoms. The van der Waals surface area contributed by atoms with E-state index in [1.165, 1.54) is 6.26 Å². The second-order valence-electron chi connectivity index (χ2n) is 6.83. The Balaban J connectivity index is 1.98. The average Bonchev–Trinajstić information content (AvgIpc) is 2.23. The summed E-state index contributed by atoms with van der Waals surface area (Å²) in [5, 5.41) is 10.4. The fourth-order valence-corrected chi connectivity index (χ4v) is 4.85. The van der Waals surface area contributed by atoms with Gasteiger partial charge in [-0.15, -0.1) is 0 Å².